The van der Waals surface area contributed by atoms with Gasteiger partial charge in [-0.3, -0.25) is 9.79 Å². The van der Waals surface area contributed by atoms with Crippen LogP contribution in [0.1, 0.15) is 22.3 Å². The molecule has 0 aromatic heterocycles. The van der Waals surface area contributed by atoms with Crippen LogP contribution in [0.2, 0.25) is 0 Å². The van der Waals surface area contributed by atoms with Crippen molar-refractivity contribution in [1.82, 2.24) is 0 Å². The van der Waals surface area contributed by atoms with Crippen molar-refractivity contribution in [2.75, 3.05) is 0 Å². The van der Waals surface area contributed by atoms with Gasteiger partial charge in [0.1, 0.15) is 0 Å². The number of benzene rings is 1. The normalized spacial score (nSPS) is 14.6. The lowest BCUT2D eigenvalue weighted by atomic mass is 10.0. The highest BCUT2D eigenvalue weighted by Crippen LogP contribution is 2.24. The number of hydrogen-bond acceptors (Lipinski definition) is 2. The molecule has 0 N–H and O–H groups in total. The molecule has 0 bridgehead atoms. The van der Waals surface area contributed by atoms with Gasteiger partial charge < -0.3 is 0 Å². The van der Waals surface area contributed by atoms with Gasteiger partial charge in [0.2, 0.25) is 0 Å². The number of aryl methyl sites for hydroxylation is 1. The highest BCUT2D eigenvalue weighted by Gasteiger charge is 2.13. The molecule has 1 aliphatic rings. The molecule has 0 fully saturated rings. The van der Waals surface area contributed by atoms with Gasteiger partial charge in [-0.15, -0.1) is 0 Å². The molecule has 0 radical (unpaired) electrons. The molecular weight excluding hydrogens is 150 g/mol. The Morgan fingerprint density at radius 3 is 3.08 bits per heavy atom. The van der Waals surface area contributed by atoms with Crippen molar-refractivity contribution < 1.29 is 4.79 Å². The van der Waals surface area contributed by atoms with E-state index in [9.17, 15) is 4.79 Å². The summed E-state index contributed by atoms with van der Waals surface area (Å²) in [6.07, 6.45) is 2.11. The molecule has 1 aromatic carbocycles. The minimum absolute atomic E-state index is 0.170. The summed E-state index contributed by atoms with van der Waals surface area (Å²) in [5.74, 6) is 0.170. The van der Waals surface area contributed by atoms with Crippen molar-refractivity contribution in [2.24, 2.45) is 4.99 Å². The number of carbonyl (C=O) groups is 1. The molecule has 60 valence electrons. The number of rotatable bonds is 0. The maximum absolute atomic E-state index is 11.3. The Morgan fingerprint density at radius 1 is 1.42 bits per heavy atom. The van der Waals surface area contributed by atoms with Crippen molar-refractivity contribution in [2.45, 2.75) is 13.3 Å². The first kappa shape index (κ1) is 7.22. The topological polar surface area (TPSA) is 29.4 Å². The zero-order valence-electron chi connectivity index (χ0n) is 6.87. The molecule has 0 spiro atoms. The summed E-state index contributed by atoms with van der Waals surface area (Å²) >= 11 is 0. The first-order valence-electron chi connectivity index (χ1n) is 3.94. The third kappa shape index (κ3) is 1.05. The molecule has 1 aliphatic heterocycles. The van der Waals surface area contributed by atoms with Crippen LogP contribution in [0.25, 0.3) is 0 Å². The van der Waals surface area contributed by atoms with Crippen LogP contribution in [-0.2, 0) is 0 Å². The first-order chi connectivity index (χ1) is 5.77. The quantitative estimate of drug-likeness (QED) is 0.571. The molecular formula is C10H9NO. The fourth-order valence-corrected chi connectivity index (χ4v) is 1.32. The van der Waals surface area contributed by atoms with E-state index in [4.69, 9.17) is 0 Å². The smallest absolute Gasteiger partial charge is 0.170 e. The fourth-order valence-electron chi connectivity index (χ4n) is 1.32. The summed E-state index contributed by atoms with van der Waals surface area (Å²) in [6, 6.07) is 5.75. The standard InChI is InChI=1S/C10H9NO/c1-7-2-3-9-8(6-7)10(12)4-5-11-9/h2-3,5-6H,4H2,1H3. The van der Waals surface area contributed by atoms with Crippen molar-refractivity contribution in [3.8, 4) is 0 Å². The van der Waals surface area contributed by atoms with Crippen LogP contribution >= 0.6 is 0 Å². The van der Waals surface area contributed by atoms with Crippen LogP contribution in [0.4, 0.5) is 5.69 Å². The van der Waals surface area contributed by atoms with E-state index in [0.717, 1.165) is 16.8 Å². The minimum Gasteiger partial charge on any atom is -0.294 e. The first-order valence-corrected chi connectivity index (χ1v) is 3.94. The molecule has 1 heterocycles. The lowest BCUT2D eigenvalue weighted by molar-refractivity contribution is 0.100. The van der Waals surface area contributed by atoms with Crippen LogP contribution in [-0.4, -0.2) is 12.0 Å². The van der Waals surface area contributed by atoms with E-state index < -0.39 is 0 Å². The maximum atomic E-state index is 11.3. The summed E-state index contributed by atoms with van der Waals surface area (Å²) in [7, 11) is 0. The SMILES string of the molecule is Cc1ccc2c(c1)C(=O)CC=N2. The number of aliphatic imine (C=N–C) groups is 1. The van der Waals surface area contributed by atoms with E-state index in [1.807, 2.05) is 25.1 Å². The highest BCUT2D eigenvalue weighted by molar-refractivity contribution is 6.10. The molecule has 0 atom stereocenters. The van der Waals surface area contributed by atoms with Gasteiger partial charge in [0.25, 0.3) is 0 Å². The number of ketones is 1. The maximum Gasteiger partial charge on any atom is 0.170 e. The Morgan fingerprint density at radius 2 is 2.25 bits per heavy atom. The summed E-state index contributed by atoms with van der Waals surface area (Å²) in [5, 5.41) is 0. The highest BCUT2D eigenvalue weighted by atomic mass is 16.1. The zero-order valence-corrected chi connectivity index (χ0v) is 6.87. The predicted octanol–water partition coefficient (Wildman–Crippen LogP) is 2.28. The number of fused-ring (bicyclic) bond motifs is 1. The molecule has 12 heavy (non-hydrogen) atoms. The van der Waals surface area contributed by atoms with Crippen molar-refractivity contribution in [3.05, 3.63) is 29.3 Å². The molecule has 0 unspecified atom stereocenters. The second kappa shape index (κ2) is 2.55. The van der Waals surface area contributed by atoms with Gasteiger partial charge in [-0.1, -0.05) is 11.6 Å². The summed E-state index contributed by atoms with van der Waals surface area (Å²) in [5.41, 5.74) is 2.67. The monoisotopic (exact) mass is 159 g/mol. The number of carbonyl (C=O) groups excluding carboxylic acids is 1. The van der Waals surface area contributed by atoms with Crippen LogP contribution in [0.5, 0.6) is 0 Å². The van der Waals surface area contributed by atoms with E-state index in [0.29, 0.717) is 6.42 Å². The van der Waals surface area contributed by atoms with Gasteiger partial charge in [0.05, 0.1) is 5.69 Å². The number of hydrogen-bond donors (Lipinski definition) is 0. The van der Waals surface area contributed by atoms with Crippen molar-refractivity contribution in [1.29, 1.82) is 0 Å². The van der Waals surface area contributed by atoms with E-state index in [1.165, 1.54) is 0 Å². The zero-order chi connectivity index (χ0) is 8.55. The molecule has 2 nitrogen and oxygen atoms in total. The lowest BCUT2D eigenvalue weighted by Gasteiger charge is -2.08. The molecule has 0 saturated carbocycles. The number of nitrogens with zero attached hydrogens (tertiary/aromatic N) is 1. The van der Waals surface area contributed by atoms with Crippen molar-refractivity contribution in [3.63, 3.8) is 0 Å². The third-order valence-corrected chi connectivity index (χ3v) is 1.96. The third-order valence-electron chi connectivity index (χ3n) is 1.96. The molecule has 1 aromatic rings. The van der Waals surface area contributed by atoms with Gasteiger partial charge >= 0.3 is 0 Å². The Balaban J connectivity index is 2.63. The van der Waals surface area contributed by atoms with E-state index in [-0.39, 0.29) is 5.78 Å². The van der Waals surface area contributed by atoms with Crippen LogP contribution in [0.3, 0.4) is 0 Å². The summed E-state index contributed by atoms with van der Waals surface area (Å²) in [6.45, 7) is 1.98. The van der Waals surface area contributed by atoms with Crippen LogP contribution < -0.4 is 0 Å². The number of Topliss-reactive ketones (excluding diaryl/α,β-unsaturated/α-hetero) is 1. The predicted molar refractivity (Wildman–Crippen MR) is 48.3 cm³/mol. The Labute approximate surface area is 70.9 Å². The van der Waals surface area contributed by atoms with Crippen LogP contribution in [0.15, 0.2) is 23.2 Å². The van der Waals surface area contributed by atoms with Crippen LogP contribution in [0, 0.1) is 6.92 Å². The van der Waals surface area contributed by atoms with Gasteiger partial charge in [-0.2, -0.15) is 0 Å². The average molecular weight is 159 g/mol. The molecule has 2 heteroatoms. The Hall–Kier alpha value is -1.44. The summed E-state index contributed by atoms with van der Waals surface area (Å²) < 4.78 is 0. The molecule has 2 rings (SSSR count). The Kier molecular flexibility index (Phi) is 1.54. The lowest BCUT2D eigenvalue weighted by Crippen LogP contribution is -2.04. The fraction of sp³-hybridized carbons (Fsp3) is 0.200. The molecule has 0 saturated heterocycles. The van der Waals surface area contributed by atoms with E-state index >= 15 is 0 Å². The second-order valence-corrected chi connectivity index (χ2v) is 2.96. The van der Waals surface area contributed by atoms with Gasteiger partial charge in [0, 0.05) is 18.2 Å². The molecule has 0 aliphatic carbocycles. The van der Waals surface area contributed by atoms with Gasteiger partial charge in [0.15, 0.2) is 5.78 Å². The van der Waals surface area contributed by atoms with E-state index in [2.05, 4.69) is 4.99 Å². The van der Waals surface area contributed by atoms with Crippen molar-refractivity contribution >= 4 is 17.7 Å². The minimum atomic E-state index is 0.170. The molecule has 0 amide bonds. The van der Waals surface area contributed by atoms with E-state index in [1.54, 1.807) is 6.21 Å². The van der Waals surface area contributed by atoms with Gasteiger partial charge in [-0.05, 0) is 19.1 Å². The van der Waals surface area contributed by atoms with Gasteiger partial charge in [-0.25, -0.2) is 0 Å². The largest absolute Gasteiger partial charge is 0.294 e. The summed E-state index contributed by atoms with van der Waals surface area (Å²) in [4.78, 5) is 15.5. The Bertz CT molecular complexity index is 366. The average Bonchev–Trinajstić information content (AvgIpc) is 2.07. The second-order valence-electron chi connectivity index (χ2n) is 2.96.